The summed E-state index contributed by atoms with van der Waals surface area (Å²) in [6.45, 7) is 3.77. The first-order valence-corrected chi connectivity index (χ1v) is 9.81. The zero-order valence-corrected chi connectivity index (χ0v) is 16.2. The Bertz CT molecular complexity index is 837. The summed E-state index contributed by atoms with van der Waals surface area (Å²) in [5.41, 5.74) is 1.40. The van der Waals surface area contributed by atoms with Crippen LogP contribution < -0.4 is 10.1 Å². The van der Waals surface area contributed by atoms with Crippen LogP contribution in [0.1, 0.15) is 43.7 Å². The third-order valence-electron chi connectivity index (χ3n) is 5.22. The molecule has 2 aromatic rings. The lowest BCUT2D eigenvalue weighted by Gasteiger charge is -2.36. The summed E-state index contributed by atoms with van der Waals surface area (Å²) in [5, 5.41) is 12.5. The highest BCUT2D eigenvalue weighted by molar-refractivity contribution is 5.99. The smallest absolute Gasteiger partial charge is 0.235 e. The van der Waals surface area contributed by atoms with Gasteiger partial charge >= 0.3 is 0 Å². The van der Waals surface area contributed by atoms with Crippen molar-refractivity contribution < 1.29 is 14.3 Å². The van der Waals surface area contributed by atoms with Gasteiger partial charge in [-0.05, 0) is 43.0 Å². The standard InChI is InChI=1S/C23H26N2O3/c1-2-3-13-28-21-10-9-20(16-18(21)17-24)25-22(26)23(11-14-27-15-12-23)19-7-5-4-6-8-19/h4-10,16H,2-3,11-15H2,1H3,(H,25,26). The van der Waals surface area contributed by atoms with E-state index in [1.54, 1.807) is 18.2 Å². The summed E-state index contributed by atoms with van der Waals surface area (Å²) in [4.78, 5) is 13.3. The molecule has 1 N–H and O–H groups in total. The monoisotopic (exact) mass is 378 g/mol. The number of amides is 1. The molecule has 1 amide bonds. The number of hydrogen-bond donors (Lipinski definition) is 1. The van der Waals surface area contributed by atoms with Crippen molar-refractivity contribution in [3.8, 4) is 11.8 Å². The molecule has 0 bridgehead atoms. The number of anilines is 1. The number of unbranched alkanes of at least 4 members (excludes halogenated alkanes) is 1. The van der Waals surface area contributed by atoms with Crippen LogP contribution in [0.25, 0.3) is 0 Å². The second-order valence-electron chi connectivity index (χ2n) is 7.04. The van der Waals surface area contributed by atoms with E-state index >= 15 is 0 Å². The number of carbonyl (C=O) groups is 1. The molecule has 1 aliphatic rings. The molecule has 0 atom stereocenters. The zero-order chi connectivity index (χ0) is 19.8. The van der Waals surface area contributed by atoms with Crippen molar-refractivity contribution in [3.63, 3.8) is 0 Å². The normalized spacial score (nSPS) is 15.4. The van der Waals surface area contributed by atoms with Crippen molar-refractivity contribution in [3.05, 3.63) is 59.7 Å². The lowest BCUT2D eigenvalue weighted by molar-refractivity contribution is -0.125. The van der Waals surface area contributed by atoms with Crippen molar-refractivity contribution in [2.75, 3.05) is 25.1 Å². The van der Waals surface area contributed by atoms with E-state index in [0.29, 0.717) is 49.7 Å². The van der Waals surface area contributed by atoms with Crippen LogP contribution in [-0.4, -0.2) is 25.7 Å². The van der Waals surface area contributed by atoms with E-state index in [1.807, 2.05) is 30.3 Å². The topological polar surface area (TPSA) is 71.3 Å². The summed E-state index contributed by atoms with van der Waals surface area (Å²) in [6, 6.07) is 17.2. The number of hydrogen-bond acceptors (Lipinski definition) is 4. The Kier molecular flexibility index (Phi) is 6.67. The molecule has 1 saturated heterocycles. The largest absolute Gasteiger partial charge is 0.492 e. The number of rotatable bonds is 7. The van der Waals surface area contributed by atoms with Crippen LogP contribution in [0.5, 0.6) is 5.75 Å². The third-order valence-corrected chi connectivity index (χ3v) is 5.22. The molecule has 28 heavy (non-hydrogen) atoms. The molecule has 1 aliphatic heterocycles. The maximum Gasteiger partial charge on any atom is 0.235 e. The summed E-state index contributed by atoms with van der Waals surface area (Å²) in [5.74, 6) is 0.489. The molecule has 5 nitrogen and oxygen atoms in total. The van der Waals surface area contributed by atoms with Gasteiger partial charge in [-0.25, -0.2) is 0 Å². The van der Waals surface area contributed by atoms with Gasteiger partial charge in [0, 0.05) is 18.9 Å². The Morgan fingerprint density at radius 1 is 1.21 bits per heavy atom. The van der Waals surface area contributed by atoms with Gasteiger partial charge in [0.2, 0.25) is 5.91 Å². The van der Waals surface area contributed by atoms with Crippen LogP contribution >= 0.6 is 0 Å². The molecule has 146 valence electrons. The molecule has 0 spiro atoms. The van der Waals surface area contributed by atoms with Crippen molar-refractivity contribution in [1.82, 2.24) is 0 Å². The molecule has 0 radical (unpaired) electrons. The van der Waals surface area contributed by atoms with Crippen LogP contribution in [0.15, 0.2) is 48.5 Å². The number of nitrogens with zero attached hydrogens (tertiary/aromatic N) is 1. The van der Waals surface area contributed by atoms with Crippen molar-refractivity contribution in [1.29, 1.82) is 5.26 Å². The minimum atomic E-state index is -0.622. The van der Waals surface area contributed by atoms with E-state index in [-0.39, 0.29) is 5.91 Å². The summed E-state index contributed by atoms with van der Waals surface area (Å²) in [6.07, 6.45) is 3.23. The van der Waals surface area contributed by atoms with E-state index in [0.717, 1.165) is 18.4 Å². The number of carbonyl (C=O) groups excluding carboxylic acids is 1. The van der Waals surface area contributed by atoms with Gasteiger partial charge in [-0.1, -0.05) is 43.7 Å². The van der Waals surface area contributed by atoms with Crippen LogP contribution in [-0.2, 0) is 14.9 Å². The molecule has 0 saturated carbocycles. The first kappa shape index (κ1) is 19.9. The molecule has 0 unspecified atom stereocenters. The predicted octanol–water partition coefficient (Wildman–Crippen LogP) is 4.42. The van der Waals surface area contributed by atoms with E-state index in [1.165, 1.54) is 0 Å². The third kappa shape index (κ3) is 4.35. The summed E-state index contributed by atoms with van der Waals surface area (Å²) < 4.78 is 11.2. The molecular weight excluding hydrogens is 352 g/mol. The number of nitrogens with one attached hydrogen (secondary N) is 1. The van der Waals surface area contributed by atoms with Crippen LogP contribution in [0.3, 0.4) is 0 Å². The van der Waals surface area contributed by atoms with Gasteiger partial charge in [-0.15, -0.1) is 0 Å². The molecule has 0 aliphatic carbocycles. The van der Waals surface area contributed by atoms with E-state index in [2.05, 4.69) is 18.3 Å². The number of nitriles is 1. The van der Waals surface area contributed by atoms with Gasteiger partial charge in [-0.2, -0.15) is 5.26 Å². The van der Waals surface area contributed by atoms with Gasteiger partial charge in [0.15, 0.2) is 0 Å². The Labute approximate surface area is 166 Å². The molecule has 1 fully saturated rings. The Morgan fingerprint density at radius 2 is 1.96 bits per heavy atom. The lowest BCUT2D eigenvalue weighted by Crippen LogP contribution is -2.44. The minimum Gasteiger partial charge on any atom is -0.492 e. The van der Waals surface area contributed by atoms with Gasteiger partial charge < -0.3 is 14.8 Å². The molecule has 2 aromatic carbocycles. The van der Waals surface area contributed by atoms with Gasteiger partial charge in [0.25, 0.3) is 0 Å². The van der Waals surface area contributed by atoms with Gasteiger partial charge in [-0.3, -0.25) is 4.79 Å². The predicted molar refractivity (Wildman–Crippen MR) is 108 cm³/mol. The highest BCUT2D eigenvalue weighted by atomic mass is 16.5. The van der Waals surface area contributed by atoms with Crippen molar-refractivity contribution in [2.45, 2.75) is 38.0 Å². The van der Waals surface area contributed by atoms with E-state index in [9.17, 15) is 10.1 Å². The Hall–Kier alpha value is -2.84. The van der Waals surface area contributed by atoms with Crippen LogP contribution in [0.4, 0.5) is 5.69 Å². The zero-order valence-electron chi connectivity index (χ0n) is 16.2. The van der Waals surface area contributed by atoms with Crippen molar-refractivity contribution in [2.24, 2.45) is 0 Å². The SMILES string of the molecule is CCCCOc1ccc(NC(=O)C2(c3ccccc3)CCOCC2)cc1C#N. The highest BCUT2D eigenvalue weighted by Gasteiger charge is 2.41. The van der Waals surface area contributed by atoms with Gasteiger partial charge in [0.05, 0.1) is 17.6 Å². The molecular formula is C23H26N2O3. The second kappa shape index (κ2) is 9.38. The van der Waals surface area contributed by atoms with Crippen molar-refractivity contribution >= 4 is 11.6 Å². The average Bonchev–Trinajstić information content (AvgIpc) is 2.75. The highest BCUT2D eigenvalue weighted by Crippen LogP contribution is 2.36. The maximum absolute atomic E-state index is 13.3. The van der Waals surface area contributed by atoms with E-state index < -0.39 is 5.41 Å². The molecule has 0 aromatic heterocycles. The molecule has 5 heteroatoms. The fraction of sp³-hybridized carbons (Fsp3) is 0.391. The van der Waals surface area contributed by atoms with Gasteiger partial charge in [0.1, 0.15) is 11.8 Å². The van der Waals surface area contributed by atoms with Crippen LogP contribution in [0, 0.1) is 11.3 Å². The maximum atomic E-state index is 13.3. The first-order valence-electron chi connectivity index (χ1n) is 9.81. The minimum absolute atomic E-state index is 0.0643. The number of ether oxygens (including phenoxy) is 2. The average molecular weight is 378 g/mol. The quantitative estimate of drug-likeness (QED) is 0.724. The molecule has 3 rings (SSSR count). The van der Waals surface area contributed by atoms with Crippen LogP contribution in [0.2, 0.25) is 0 Å². The summed E-state index contributed by atoms with van der Waals surface area (Å²) in [7, 11) is 0. The fourth-order valence-corrected chi connectivity index (χ4v) is 3.52. The molecule has 1 heterocycles. The number of benzene rings is 2. The Morgan fingerprint density at radius 3 is 2.64 bits per heavy atom. The fourth-order valence-electron chi connectivity index (χ4n) is 3.52. The lowest BCUT2D eigenvalue weighted by atomic mass is 9.73. The first-order chi connectivity index (χ1) is 13.7. The van der Waals surface area contributed by atoms with E-state index in [4.69, 9.17) is 9.47 Å². The summed E-state index contributed by atoms with van der Waals surface area (Å²) >= 11 is 0. The Balaban J connectivity index is 1.81. The second-order valence-corrected chi connectivity index (χ2v) is 7.04.